The van der Waals surface area contributed by atoms with Crippen molar-refractivity contribution in [3.05, 3.63) is 91.7 Å². The Balaban J connectivity index is 1.31. The molecule has 0 spiro atoms. The topological polar surface area (TPSA) is 152 Å². The molecule has 0 fully saturated rings. The molecule has 0 aliphatic carbocycles. The lowest BCUT2D eigenvalue weighted by atomic mass is 10.2. The molecule has 2 aromatic heterocycles. The number of nitrogens with one attached hydrogen (secondary N) is 1. The van der Waals surface area contributed by atoms with Crippen LogP contribution in [0.5, 0.6) is 0 Å². The summed E-state index contributed by atoms with van der Waals surface area (Å²) >= 11 is 0. The Bertz CT molecular complexity index is 1500. The van der Waals surface area contributed by atoms with E-state index >= 15 is 0 Å². The van der Waals surface area contributed by atoms with Crippen LogP contribution in [-0.2, 0) is 34.0 Å². The molecule has 0 aliphatic heterocycles. The predicted molar refractivity (Wildman–Crippen MR) is 127 cm³/mol. The Morgan fingerprint density at radius 1 is 1.17 bits per heavy atom. The van der Waals surface area contributed by atoms with Crippen molar-refractivity contribution < 1.29 is 23.7 Å². The molecule has 0 bridgehead atoms. The third kappa shape index (κ3) is 5.32. The molecule has 2 heterocycles. The summed E-state index contributed by atoms with van der Waals surface area (Å²) in [4.78, 5) is 46.8. The van der Waals surface area contributed by atoms with Gasteiger partial charge in [0.05, 0.1) is 28.7 Å². The number of nitro groups is 1. The zero-order valence-corrected chi connectivity index (χ0v) is 19.6. The van der Waals surface area contributed by atoms with Gasteiger partial charge >= 0.3 is 11.7 Å². The number of carbonyl (C=O) groups excluding carboxylic acids is 2. The zero-order chi connectivity index (χ0) is 25.8. The minimum absolute atomic E-state index is 0.0294. The third-order valence-electron chi connectivity index (χ3n) is 5.68. The highest BCUT2D eigenvalue weighted by atomic mass is 16.6. The van der Waals surface area contributed by atoms with Crippen molar-refractivity contribution in [2.45, 2.75) is 33.5 Å². The molecule has 1 amide bonds. The van der Waals surface area contributed by atoms with Crippen LogP contribution in [0.15, 0.2) is 57.7 Å². The Hall–Kier alpha value is -4.74. The summed E-state index contributed by atoms with van der Waals surface area (Å²) in [5.74, 6) is -2.22. The SMILES string of the molecule is Cc1nn(Cc2ccccc2)c(C)c1CNC(=O)COC(=O)Cn1c(=O)oc2cc([N+](=O)[O-])ccc21. The summed E-state index contributed by atoms with van der Waals surface area (Å²) < 4.78 is 12.8. The second-order valence-electron chi connectivity index (χ2n) is 8.09. The van der Waals surface area contributed by atoms with Crippen molar-refractivity contribution >= 4 is 28.7 Å². The molecule has 2 aromatic carbocycles. The Kier molecular flexibility index (Phi) is 6.95. The van der Waals surface area contributed by atoms with Gasteiger partial charge in [0, 0.05) is 23.9 Å². The van der Waals surface area contributed by atoms with Gasteiger partial charge in [-0.2, -0.15) is 5.10 Å². The number of nitro benzene ring substituents is 1. The number of benzene rings is 2. The first-order chi connectivity index (χ1) is 17.2. The number of amides is 1. The number of non-ortho nitro benzene ring substituents is 1. The van der Waals surface area contributed by atoms with Crippen LogP contribution < -0.4 is 11.1 Å². The summed E-state index contributed by atoms with van der Waals surface area (Å²) in [6.45, 7) is 3.55. The fourth-order valence-electron chi connectivity index (χ4n) is 3.78. The van der Waals surface area contributed by atoms with E-state index in [1.165, 1.54) is 12.1 Å². The molecule has 4 rings (SSSR count). The first-order valence-electron chi connectivity index (χ1n) is 11.0. The fraction of sp³-hybridized carbons (Fsp3) is 0.250. The van der Waals surface area contributed by atoms with Crippen LogP contribution in [0.3, 0.4) is 0 Å². The second kappa shape index (κ2) is 10.3. The highest BCUT2D eigenvalue weighted by Crippen LogP contribution is 2.20. The van der Waals surface area contributed by atoms with E-state index < -0.39 is 35.7 Å². The first-order valence-corrected chi connectivity index (χ1v) is 11.0. The van der Waals surface area contributed by atoms with Crippen molar-refractivity contribution in [2.24, 2.45) is 0 Å². The molecular weight excluding hydrogens is 470 g/mol. The molecule has 0 saturated carbocycles. The molecule has 12 heteroatoms. The zero-order valence-electron chi connectivity index (χ0n) is 19.6. The van der Waals surface area contributed by atoms with Crippen molar-refractivity contribution in [3.63, 3.8) is 0 Å². The van der Waals surface area contributed by atoms with Gasteiger partial charge in [-0.1, -0.05) is 30.3 Å². The fourth-order valence-corrected chi connectivity index (χ4v) is 3.78. The van der Waals surface area contributed by atoms with Gasteiger partial charge in [0.25, 0.3) is 11.6 Å². The van der Waals surface area contributed by atoms with E-state index in [0.29, 0.717) is 6.54 Å². The number of esters is 1. The van der Waals surface area contributed by atoms with Crippen molar-refractivity contribution in [2.75, 3.05) is 6.61 Å². The number of oxazole rings is 1. The number of carbonyl (C=O) groups is 2. The second-order valence-corrected chi connectivity index (χ2v) is 8.09. The lowest BCUT2D eigenvalue weighted by molar-refractivity contribution is -0.384. The molecule has 0 unspecified atom stereocenters. The third-order valence-corrected chi connectivity index (χ3v) is 5.68. The lowest BCUT2D eigenvalue weighted by Gasteiger charge is -2.08. The molecule has 0 radical (unpaired) electrons. The monoisotopic (exact) mass is 493 g/mol. The van der Waals surface area contributed by atoms with Crippen LogP contribution in [0.25, 0.3) is 11.1 Å². The van der Waals surface area contributed by atoms with E-state index in [-0.39, 0.29) is 23.3 Å². The summed E-state index contributed by atoms with van der Waals surface area (Å²) in [6.07, 6.45) is 0. The van der Waals surface area contributed by atoms with E-state index in [0.717, 1.165) is 33.1 Å². The van der Waals surface area contributed by atoms with Crippen LogP contribution in [0.1, 0.15) is 22.5 Å². The van der Waals surface area contributed by atoms with Crippen molar-refractivity contribution in [3.8, 4) is 0 Å². The van der Waals surface area contributed by atoms with Crippen LogP contribution in [0, 0.1) is 24.0 Å². The minimum Gasteiger partial charge on any atom is -0.454 e. The maximum absolute atomic E-state index is 12.3. The molecule has 0 saturated heterocycles. The van der Waals surface area contributed by atoms with Gasteiger partial charge in [-0.05, 0) is 25.5 Å². The predicted octanol–water partition coefficient (Wildman–Crippen LogP) is 2.22. The van der Waals surface area contributed by atoms with E-state index in [2.05, 4.69) is 10.4 Å². The highest BCUT2D eigenvalue weighted by molar-refractivity contribution is 5.81. The summed E-state index contributed by atoms with van der Waals surface area (Å²) in [6, 6.07) is 13.5. The largest absolute Gasteiger partial charge is 0.454 e. The van der Waals surface area contributed by atoms with Crippen LogP contribution in [-0.4, -0.2) is 37.8 Å². The average molecular weight is 493 g/mol. The highest BCUT2D eigenvalue weighted by Gasteiger charge is 2.18. The smallest absolute Gasteiger partial charge is 0.420 e. The van der Waals surface area contributed by atoms with Gasteiger partial charge in [-0.3, -0.25) is 29.0 Å². The average Bonchev–Trinajstić information content (AvgIpc) is 3.30. The maximum atomic E-state index is 12.3. The number of hydrogen-bond acceptors (Lipinski definition) is 8. The Labute approximate surface area is 204 Å². The van der Waals surface area contributed by atoms with Crippen LogP contribution >= 0.6 is 0 Å². The summed E-state index contributed by atoms with van der Waals surface area (Å²) in [7, 11) is 0. The van der Waals surface area contributed by atoms with Crippen LogP contribution in [0.2, 0.25) is 0 Å². The lowest BCUT2D eigenvalue weighted by Crippen LogP contribution is -2.30. The molecule has 186 valence electrons. The Morgan fingerprint density at radius 3 is 2.64 bits per heavy atom. The van der Waals surface area contributed by atoms with E-state index in [4.69, 9.17) is 9.15 Å². The van der Waals surface area contributed by atoms with Gasteiger partial charge in [0.15, 0.2) is 12.2 Å². The number of fused-ring (bicyclic) bond motifs is 1. The number of hydrogen-bond donors (Lipinski definition) is 1. The number of nitrogens with zero attached hydrogens (tertiary/aromatic N) is 4. The molecular formula is C24H23N5O7. The quantitative estimate of drug-likeness (QED) is 0.212. The Morgan fingerprint density at radius 2 is 1.92 bits per heavy atom. The van der Waals surface area contributed by atoms with Gasteiger partial charge in [0.2, 0.25) is 0 Å². The standard InChI is InChI=1S/C24H23N5O7/c1-15-19(16(2)28(26-15)12-17-6-4-3-5-7-17)11-25-22(30)14-35-23(31)13-27-20-9-8-18(29(33)34)10-21(20)36-24(27)32/h3-10H,11-14H2,1-2H3,(H,25,30). The van der Waals surface area contributed by atoms with E-state index in [9.17, 15) is 24.5 Å². The van der Waals surface area contributed by atoms with Crippen molar-refractivity contribution in [1.29, 1.82) is 0 Å². The molecule has 12 nitrogen and oxygen atoms in total. The molecule has 0 atom stereocenters. The first kappa shape index (κ1) is 24.4. The van der Waals surface area contributed by atoms with Crippen molar-refractivity contribution in [1.82, 2.24) is 19.7 Å². The van der Waals surface area contributed by atoms with Crippen LogP contribution in [0.4, 0.5) is 5.69 Å². The normalized spacial score (nSPS) is 10.9. The van der Waals surface area contributed by atoms with Gasteiger partial charge < -0.3 is 14.5 Å². The number of rotatable bonds is 9. The number of aryl methyl sites for hydroxylation is 1. The molecule has 0 aliphatic rings. The number of aromatic nitrogens is 3. The summed E-state index contributed by atoms with van der Waals surface area (Å²) in [5, 5.41) is 18.1. The molecule has 4 aromatic rings. The number of ether oxygens (including phenoxy) is 1. The van der Waals surface area contributed by atoms with E-state index in [1.54, 1.807) is 0 Å². The summed E-state index contributed by atoms with van der Waals surface area (Å²) in [5.41, 5.74) is 3.60. The van der Waals surface area contributed by atoms with Gasteiger partial charge in [0.1, 0.15) is 6.54 Å². The minimum atomic E-state index is -0.870. The molecule has 36 heavy (non-hydrogen) atoms. The van der Waals surface area contributed by atoms with E-state index in [1.807, 2.05) is 48.9 Å². The van der Waals surface area contributed by atoms with Gasteiger partial charge in [-0.15, -0.1) is 0 Å². The maximum Gasteiger partial charge on any atom is 0.420 e. The molecule has 1 N–H and O–H groups in total. The van der Waals surface area contributed by atoms with Gasteiger partial charge in [-0.25, -0.2) is 4.79 Å².